The molecule has 0 radical (unpaired) electrons. The fourth-order valence-electron chi connectivity index (χ4n) is 2.62. The Hall–Kier alpha value is -1.68. The Labute approximate surface area is 118 Å². The van der Waals surface area contributed by atoms with Crippen LogP contribution in [-0.4, -0.2) is 23.0 Å². The Bertz CT molecular complexity index is 588. The van der Waals surface area contributed by atoms with E-state index in [2.05, 4.69) is 5.10 Å². The maximum atomic E-state index is 13.8. The molecule has 0 unspecified atom stereocenters. The molecule has 2 heterocycles. The first-order chi connectivity index (χ1) is 9.76. The normalized spacial score (nSPS) is 18.6. The van der Waals surface area contributed by atoms with Gasteiger partial charge in [-0.05, 0) is 30.0 Å². The van der Waals surface area contributed by atoms with E-state index in [4.69, 9.17) is 4.74 Å². The molecule has 3 nitrogen and oxygen atoms in total. The minimum absolute atomic E-state index is 0.137. The number of nitrogens with zero attached hydrogens (tertiary/aromatic N) is 2. The number of ether oxygens (including phenoxy) is 1. The van der Waals surface area contributed by atoms with Crippen molar-refractivity contribution < 1.29 is 9.13 Å². The minimum Gasteiger partial charge on any atom is -0.381 e. The SMILES string of the molecule is CCc1ccc(-c2cnn(C[C@@H]3CCOC3)c2)cc1F. The summed E-state index contributed by atoms with van der Waals surface area (Å²) < 4.78 is 21.1. The van der Waals surface area contributed by atoms with Gasteiger partial charge in [0.25, 0.3) is 0 Å². The Morgan fingerprint density at radius 1 is 1.40 bits per heavy atom. The van der Waals surface area contributed by atoms with Crippen LogP contribution in [-0.2, 0) is 17.7 Å². The van der Waals surface area contributed by atoms with Gasteiger partial charge < -0.3 is 4.74 Å². The number of hydrogen-bond donors (Lipinski definition) is 0. The van der Waals surface area contributed by atoms with Crippen molar-refractivity contribution in [3.05, 3.63) is 42.0 Å². The zero-order valence-electron chi connectivity index (χ0n) is 11.7. The van der Waals surface area contributed by atoms with Gasteiger partial charge in [-0.25, -0.2) is 4.39 Å². The summed E-state index contributed by atoms with van der Waals surface area (Å²) in [6, 6.07) is 5.41. The quantitative estimate of drug-likeness (QED) is 0.855. The largest absolute Gasteiger partial charge is 0.381 e. The molecule has 4 heteroatoms. The van der Waals surface area contributed by atoms with Crippen LogP contribution in [0, 0.1) is 11.7 Å². The number of hydrogen-bond acceptors (Lipinski definition) is 2. The van der Waals surface area contributed by atoms with Crippen molar-refractivity contribution in [2.45, 2.75) is 26.3 Å². The predicted molar refractivity (Wildman–Crippen MR) is 75.9 cm³/mol. The van der Waals surface area contributed by atoms with E-state index in [1.54, 1.807) is 12.3 Å². The maximum absolute atomic E-state index is 13.8. The molecule has 1 fully saturated rings. The third-order valence-electron chi connectivity index (χ3n) is 3.87. The van der Waals surface area contributed by atoms with E-state index < -0.39 is 0 Å². The fourth-order valence-corrected chi connectivity index (χ4v) is 2.62. The van der Waals surface area contributed by atoms with Gasteiger partial charge in [0, 0.05) is 30.8 Å². The Morgan fingerprint density at radius 3 is 3.00 bits per heavy atom. The third kappa shape index (κ3) is 2.75. The highest BCUT2D eigenvalue weighted by Gasteiger charge is 2.16. The van der Waals surface area contributed by atoms with Crippen LogP contribution in [0.3, 0.4) is 0 Å². The van der Waals surface area contributed by atoms with E-state index in [1.807, 2.05) is 29.9 Å². The average molecular weight is 274 g/mol. The lowest BCUT2D eigenvalue weighted by atomic mass is 10.1. The molecule has 20 heavy (non-hydrogen) atoms. The Balaban J connectivity index is 1.77. The summed E-state index contributed by atoms with van der Waals surface area (Å²) in [5, 5.41) is 4.37. The van der Waals surface area contributed by atoms with E-state index in [0.29, 0.717) is 12.3 Å². The van der Waals surface area contributed by atoms with Crippen molar-refractivity contribution in [3.63, 3.8) is 0 Å². The van der Waals surface area contributed by atoms with E-state index in [1.165, 1.54) is 0 Å². The van der Waals surface area contributed by atoms with E-state index in [-0.39, 0.29) is 5.82 Å². The van der Waals surface area contributed by atoms with Gasteiger partial charge in [-0.15, -0.1) is 0 Å². The second kappa shape index (κ2) is 5.75. The van der Waals surface area contributed by atoms with Crippen LogP contribution in [0.5, 0.6) is 0 Å². The number of halogens is 1. The van der Waals surface area contributed by atoms with Gasteiger partial charge in [-0.2, -0.15) is 5.10 Å². The molecule has 1 aliphatic heterocycles. The molecule has 1 aromatic heterocycles. The molecule has 0 spiro atoms. The second-order valence-electron chi connectivity index (χ2n) is 5.34. The molecular weight excluding hydrogens is 255 g/mol. The van der Waals surface area contributed by atoms with Crippen LogP contribution in [0.2, 0.25) is 0 Å². The van der Waals surface area contributed by atoms with Gasteiger partial charge in [0.2, 0.25) is 0 Å². The summed E-state index contributed by atoms with van der Waals surface area (Å²) in [6.07, 6.45) is 5.59. The van der Waals surface area contributed by atoms with E-state index >= 15 is 0 Å². The first-order valence-electron chi connectivity index (χ1n) is 7.15. The van der Waals surface area contributed by atoms with Gasteiger partial charge in [0.15, 0.2) is 0 Å². The highest BCUT2D eigenvalue weighted by atomic mass is 19.1. The number of benzene rings is 1. The van der Waals surface area contributed by atoms with Crippen LogP contribution in [0.15, 0.2) is 30.6 Å². The molecule has 1 aromatic carbocycles. The molecule has 0 N–H and O–H groups in total. The van der Waals surface area contributed by atoms with Crippen LogP contribution in [0.4, 0.5) is 4.39 Å². The molecule has 0 saturated carbocycles. The first-order valence-corrected chi connectivity index (χ1v) is 7.15. The zero-order valence-corrected chi connectivity index (χ0v) is 11.7. The zero-order chi connectivity index (χ0) is 13.9. The molecule has 1 saturated heterocycles. The number of rotatable bonds is 4. The summed E-state index contributed by atoms with van der Waals surface area (Å²) in [5.41, 5.74) is 2.60. The standard InChI is InChI=1S/C16H19FN2O/c1-2-13-3-4-14(7-16(13)17)15-8-18-19(10-15)9-12-5-6-20-11-12/h3-4,7-8,10,12H,2,5-6,9,11H2,1H3/t12-/m0/s1. The van der Waals surface area contributed by atoms with Crippen molar-refractivity contribution in [2.75, 3.05) is 13.2 Å². The highest BCUT2D eigenvalue weighted by Crippen LogP contribution is 2.23. The summed E-state index contributed by atoms with van der Waals surface area (Å²) in [7, 11) is 0. The van der Waals surface area contributed by atoms with Gasteiger partial charge in [-0.3, -0.25) is 4.68 Å². The second-order valence-corrected chi connectivity index (χ2v) is 5.34. The van der Waals surface area contributed by atoms with Gasteiger partial charge in [0.1, 0.15) is 5.82 Å². The van der Waals surface area contributed by atoms with Crippen molar-refractivity contribution >= 4 is 0 Å². The number of aromatic nitrogens is 2. The summed E-state index contributed by atoms with van der Waals surface area (Å²) in [5.74, 6) is 0.406. The summed E-state index contributed by atoms with van der Waals surface area (Å²) in [4.78, 5) is 0. The molecule has 1 aliphatic rings. The van der Waals surface area contributed by atoms with Gasteiger partial charge in [-0.1, -0.05) is 19.1 Å². The number of aryl methyl sites for hydroxylation is 1. The topological polar surface area (TPSA) is 27.1 Å². The van der Waals surface area contributed by atoms with Gasteiger partial charge >= 0.3 is 0 Å². The van der Waals surface area contributed by atoms with Gasteiger partial charge in [0.05, 0.1) is 12.8 Å². The molecule has 0 aliphatic carbocycles. The first kappa shape index (κ1) is 13.3. The Kier molecular flexibility index (Phi) is 3.83. The molecule has 106 valence electrons. The predicted octanol–water partition coefficient (Wildman–Crippen LogP) is 3.29. The molecule has 0 bridgehead atoms. The van der Waals surface area contributed by atoms with Crippen molar-refractivity contribution in [3.8, 4) is 11.1 Å². The summed E-state index contributed by atoms with van der Waals surface area (Å²) in [6.45, 7) is 4.49. The van der Waals surface area contributed by atoms with Crippen LogP contribution in [0.1, 0.15) is 18.9 Å². The molecular formula is C16H19FN2O. The highest BCUT2D eigenvalue weighted by molar-refractivity contribution is 5.62. The minimum atomic E-state index is -0.137. The van der Waals surface area contributed by atoms with Crippen LogP contribution in [0.25, 0.3) is 11.1 Å². The summed E-state index contributed by atoms with van der Waals surface area (Å²) >= 11 is 0. The van der Waals surface area contributed by atoms with Crippen molar-refractivity contribution in [2.24, 2.45) is 5.92 Å². The van der Waals surface area contributed by atoms with E-state index in [0.717, 1.165) is 42.9 Å². The lowest BCUT2D eigenvalue weighted by molar-refractivity contribution is 0.181. The average Bonchev–Trinajstić information content (AvgIpc) is 3.11. The maximum Gasteiger partial charge on any atom is 0.127 e. The third-order valence-corrected chi connectivity index (χ3v) is 3.87. The van der Waals surface area contributed by atoms with Crippen molar-refractivity contribution in [1.29, 1.82) is 0 Å². The van der Waals surface area contributed by atoms with E-state index in [9.17, 15) is 4.39 Å². The van der Waals surface area contributed by atoms with Crippen LogP contribution < -0.4 is 0 Å². The lowest BCUT2D eigenvalue weighted by Crippen LogP contribution is -2.10. The monoisotopic (exact) mass is 274 g/mol. The molecule has 2 aromatic rings. The molecule has 1 atom stereocenters. The molecule has 0 amide bonds. The Morgan fingerprint density at radius 2 is 2.30 bits per heavy atom. The lowest BCUT2D eigenvalue weighted by Gasteiger charge is -2.06. The fraction of sp³-hybridized carbons (Fsp3) is 0.438. The van der Waals surface area contributed by atoms with Crippen LogP contribution >= 0.6 is 0 Å². The smallest absolute Gasteiger partial charge is 0.127 e. The molecule has 3 rings (SSSR count). The van der Waals surface area contributed by atoms with Crippen molar-refractivity contribution in [1.82, 2.24) is 9.78 Å².